The third-order valence-corrected chi connectivity index (χ3v) is 6.82. The van der Waals surface area contributed by atoms with Crippen molar-refractivity contribution < 1.29 is 23.9 Å². The molecule has 190 valence electrons. The number of imide groups is 2. The third kappa shape index (κ3) is 5.82. The van der Waals surface area contributed by atoms with Crippen molar-refractivity contribution in [3.63, 3.8) is 0 Å². The fraction of sp³-hybridized carbons (Fsp3) is 0.148. The Morgan fingerprint density at radius 2 is 1.68 bits per heavy atom. The average Bonchev–Trinajstić information content (AvgIpc) is 2.81. The molecule has 1 saturated heterocycles. The highest BCUT2D eigenvalue weighted by molar-refractivity contribution is 9.10. The maximum atomic E-state index is 13.3. The lowest BCUT2D eigenvalue weighted by atomic mass is 10.0. The normalized spacial score (nSPS) is 14.7. The van der Waals surface area contributed by atoms with Gasteiger partial charge in [-0.2, -0.15) is 0 Å². The Balaban J connectivity index is 1.66. The van der Waals surface area contributed by atoms with Crippen LogP contribution in [0.5, 0.6) is 11.5 Å². The highest BCUT2D eigenvalue weighted by Crippen LogP contribution is 2.36. The van der Waals surface area contributed by atoms with Gasteiger partial charge < -0.3 is 9.47 Å². The SMILES string of the molecule is COc1cc(/C=C2\C(=O)NC(=O)N(c3cc(C)cc(C)c3)C2=O)c(Br)cc1OCc1ccc(Cl)cc1Cl. The smallest absolute Gasteiger partial charge is 0.335 e. The number of carbonyl (C=O) groups excluding carboxylic acids is 3. The van der Waals surface area contributed by atoms with Crippen LogP contribution in [0.2, 0.25) is 10.0 Å². The highest BCUT2D eigenvalue weighted by Gasteiger charge is 2.37. The molecule has 0 saturated carbocycles. The third-order valence-electron chi connectivity index (χ3n) is 5.55. The van der Waals surface area contributed by atoms with Crippen molar-refractivity contribution in [3.05, 3.63) is 90.9 Å². The minimum Gasteiger partial charge on any atom is -0.493 e. The molecule has 4 rings (SSSR count). The van der Waals surface area contributed by atoms with E-state index in [0.717, 1.165) is 21.6 Å². The van der Waals surface area contributed by atoms with Crippen LogP contribution >= 0.6 is 39.1 Å². The summed E-state index contributed by atoms with van der Waals surface area (Å²) in [5.41, 5.74) is 3.13. The first-order chi connectivity index (χ1) is 17.6. The van der Waals surface area contributed by atoms with E-state index in [9.17, 15) is 14.4 Å². The Morgan fingerprint density at radius 1 is 0.973 bits per heavy atom. The van der Waals surface area contributed by atoms with Gasteiger partial charge in [0, 0.05) is 20.1 Å². The summed E-state index contributed by atoms with van der Waals surface area (Å²) >= 11 is 15.7. The van der Waals surface area contributed by atoms with Gasteiger partial charge in [0.25, 0.3) is 11.8 Å². The summed E-state index contributed by atoms with van der Waals surface area (Å²) in [6.45, 7) is 3.88. The number of nitrogens with zero attached hydrogens (tertiary/aromatic N) is 1. The van der Waals surface area contributed by atoms with Crippen LogP contribution < -0.4 is 19.7 Å². The maximum Gasteiger partial charge on any atom is 0.335 e. The minimum absolute atomic E-state index is 0.160. The fourth-order valence-electron chi connectivity index (χ4n) is 3.86. The highest BCUT2D eigenvalue weighted by atomic mass is 79.9. The summed E-state index contributed by atoms with van der Waals surface area (Å²) in [7, 11) is 1.47. The number of benzene rings is 3. The number of amides is 4. The molecule has 0 unspecified atom stereocenters. The molecule has 1 heterocycles. The number of carbonyl (C=O) groups is 3. The first-order valence-corrected chi connectivity index (χ1v) is 12.6. The van der Waals surface area contributed by atoms with E-state index in [4.69, 9.17) is 32.7 Å². The lowest BCUT2D eigenvalue weighted by Crippen LogP contribution is -2.54. The van der Waals surface area contributed by atoms with Crippen LogP contribution in [0.4, 0.5) is 10.5 Å². The van der Waals surface area contributed by atoms with Gasteiger partial charge in [-0.15, -0.1) is 0 Å². The molecule has 0 aromatic heterocycles. The van der Waals surface area contributed by atoms with Crippen LogP contribution in [0.3, 0.4) is 0 Å². The Labute approximate surface area is 232 Å². The van der Waals surface area contributed by atoms with E-state index in [0.29, 0.717) is 37.3 Å². The summed E-state index contributed by atoms with van der Waals surface area (Å²) in [6.07, 6.45) is 1.40. The van der Waals surface area contributed by atoms with E-state index in [2.05, 4.69) is 21.2 Å². The van der Waals surface area contributed by atoms with Crippen molar-refractivity contribution in [1.29, 1.82) is 0 Å². The molecule has 0 spiro atoms. The summed E-state index contributed by atoms with van der Waals surface area (Å²) in [5, 5.41) is 3.23. The number of halogens is 3. The molecule has 10 heteroatoms. The fourth-order valence-corrected chi connectivity index (χ4v) is 4.76. The van der Waals surface area contributed by atoms with Gasteiger partial charge in [0.2, 0.25) is 0 Å². The molecule has 3 aromatic carbocycles. The van der Waals surface area contributed by atoms with Crippen LogP contribution in [0.25, 0.3) is 6.08 Å². The summed E-state index contributed by atoms with van der Waals surface area (Å²) in [4.78, 5) is 39.5. The Kier molecular flexibility index (Phi) is 7.92. The molecule has 0 radical (unpaired) electrons. The Morgan fingerprint density at radius 3 is 2.32 bits per heavy atom. The van der Waals surface area contributed by atoms with E-state index in [1.807, 2.05) is 19.9 Å². The quantitative estimate of drug-likeness (QED) is 0.253. The predicted molar refractivity (Wildman–Crippen MR) is 146 cm³/mol. The number of methoxy groups -OCH3 is 1. The second-order valence-electron chi connectivity index (χ2n) is 8.35. The van der Waals surface area contributed by atoms with Gasteiger partial charge in [-0.1, -0.05) is 51.3 Å². The number of hydrogen-bond donors (Lipinski definition) is 1. The zero-order valence-electron chi connectivity index (χ0n) is 20.0. The predicted octanol–water partition coefficient (Wildman–Crippen LogP) is 6.63. The number of nitrogens with one attached hydrogen (secondary N) is 1. The number of aryl methyl sites for hydroxylation is 2. The van der Waals surface area contributed by atoms with Crippen molar-refractivity contribution in [1.82, 2.24) is 5.32 Å². The maximum absolute atomic E-state index is 13.3. The first-order valence-electron chi connectivity index (χ1n) is 11.0. The van der Waals surface area contributed by atoms with Crippen LogP contribution in [0, 0.1) is 13.8 Å². The zero-order valence-corrected chi connectivity index (χ0v) is 23.1. The van der Waals surface area contributed by atoms with Crippen molar-refractivity contribution in [2.45, 2.75) is 20.5 Å². The van der Waals surface area contributed by atoms with Crippen LogP contribution in [0.15, 0.2) is 58.6 Å². The number of hydrogen-bond acceptors (Lipinski definition) is 5. The molecule has 1 fully saturated rings. The number of ether oxygens (including phenoxy) is 2. The van der Waals surface area contributed by atoms with E-state index in [-0.39, 0.29) is 12.2 Å². The molecule has 0 atom stereocenters. The standard InChI is InChI=1S/C27H21BrCl2N2O5/c1-14-6-15(2)8-19(7-14)32-26(34)20(25(33)31-27(32)35)9-17-10-23(36-3)24(12-21(17)28)37-13-16-4-5-18(29)11-22(16)30/h4-12H,13H2,1-3H3,(H,31,33,35)/b20-9+. The average molecular weight is 604 g/mol. The van der Waals surface area contributed by atoms with Crippen molar-refractivity contribution in [3.8, 4) is 11.5 Å². The minimum atomic E-state index is -0.807. The number of anilines is 1. The summed E-state index contributed by atoms with van der Waals surface area (Å²) < 4.78 is 11.9. The molecule has 1 aliphatic rings. The Bertz CT molecular complexity index is 1450. The van der Waals surface area contributed by atoms with Crippen LogP contribution in [-0.4, -0.2) is 25.0 Å². The lowest BCUT2D eigenvalue weighted by molar-refractivity contribution is -0.122. The van der Waals surface area contributed by atoms with E-state index in [1.54, 1.807) is 42.5 Å². The second-order valence-corrected chi connectivity index (χ2v) is 10.1. The van der Waals surface area contributed by atoms with Crippen molar-refractivity contribution in [2.24, 2.45) is 0 Å². The summed E-state index contributed by atoms with van der Waals surface area (Å²) in [6, 6.07) is 12.9. The van der Waals surface area contributed by atoms with Gasteiger partial charge in [0.15, 0.2) is 11.5 Å². The van der Waals surface area contributed by atoms with Gasteiger partial charge in [0.1, 0.15) is 12.2 Å². The Hall–Kier alpha value is -3.33. The second kappa shape index (κ2) is 11.0. The van der Waals surface area contributed by atoms with Gasteiger partial charge in [0.05, 0.1) is 12.8 Å². The summed E-state index contributed by atoms with van der Waals surface area (Å²) in [5.74, 6) is -0.749. The molecule has 7 nitrogen and oxygen atoms in total. The largest absolute Gasteiger partial charge is 0.493 e. The van der Waals surface area contributed by atoms with Crippen molar-refractivity contribution in [2.75, 3.05) is 12.0 Å². The molecule has 4 amide bonds. The molecular formula is C27H21BrCl2N2O5. The van der Waals surface area contributed by atoms with Crippen molar-refractivity contribution >= 4 is 68.7 Å². The number of barbiturate groups is 1. The lowest BCUT2D eigenvalue weighted by Gasteiger charge is -2.27. The number of rotatable bonds is 6. The van der Waals surface area contributed by atoms with Gasteiger partial charge in [-0.3, -0.25) is 14.9 Å². The van der Waals surface area contributed by atoms with Gasteiger partial charge in [-0.25, -0.2) is 9.69 Å². The van der Waals surface area contributed by atoms with Gasteiger partial charge >= 0.3 is 6.03 Å². The molecule has 3 aromatic rings. The molecule has 1 N–H and O–H groups in total. The van der Waals surface area contributed by atoms with Gasteiger partial charge in [-0.05, 0) is 73.0 Å². The van der Waals surface area contributed by atoms with Crippen LogP contribution in [0.1, 0.15) is 22.3 Å². The molecule has 0 aliphatic carbocycles. The molecular weight excluding hydrogens is 583 g/mol. The topological polar surface area (TPSA) is 84.9 Å². The monoisotopic (exact) mass is 602 g/mol. The van der Waals surface area contributed by atoms with E-state index in [1.165, 1.54) is 13.2 Å². The first kappa shape index (κ1) is 26.7. The van der Waals surface area contributed by atoms with E-state index >= 15 is 0 Å². The number of urea groups is 1. The van der Waals surface area contributed by atoms with E-state index < -0.39 is 17.8 Å². The van der Waals surface area contributed by atoms with Crippen LogP contribution in [-0.2, 0) is 16.2 Å². The molecule has 37 heavy (non-hydrogen) atoms. The zero-order chi connectivity index (χ0) is 26.9. The molecule has 1 aliphatic heterocycles. The molecule has 0 bridgehead atoms.